The van der Waals surface area contributed by atoms with Gasteiger partial charge in [0.1, 0.15) is 6.07 Å². The average molecular weight is 362 g/mol. The van der Waals surface area contributed by atoms with Crippen molar-refractivity contribution < 1.29 is 4.39 Å². The van der Waals surface area contributed by atoms with Gasteiger partial charge in [-0.2, -0.15) is 9.65 Å². The van der Waals surface area contributed by atoms with Gasteiger partial charge in [-0.1, -0.05) is 96.8 Å². The Morgan fingerprint density at radius 1 is 0.808 bits per heavy atom. The predicted molar refractivity (Wildman–Crippen MR) is 108 cm³/mol. The fraction of sp³-hybridized carbons (Fsp3) is 0.875. The van der Waals surface area contributed by atoms with Crippen molar-refractivity contribution in [2.75, 3.05) is 0 Å². The van der Waals surface area contributed by atoms with Crippen LogP contribution in [0.3, 0.4) is 0 Å². The van der Waals surface area contributed by atoms with E-state index in [1.54, 1.807) is 6.07 Å². The molecule has 0 spiro atoms. The van der Waals surface area contributed by atoms with E-state index < -0.39 is 5.83 Å². The minimum absolute atomic E-state index is 0.612. The Morgan fingerprint density at radius 3 is 1.73 bits per heavy atom. The highest BCUT2D eigenvalue weighted by atomic mass is 19.1. The fourth-order valence-electron chi connectivity index (χ4n) is 5.26. The molecular weight excluding hydrogens is 321 g/mol. The van der Waals surface area contributed by atoms with Crippen molar-refractivity contribution in [3.63, 3.8) is 0 Å². The van der Waals surface area contributed by atoms with Gasteiger partial charge in [-0.3, -0.25) is 0 Å². The molecule has 2 saturated carbocycles. The van der Waals surface area contributed by atoms with Crippen LogP contribution in [-0.4, -0.2) is 0 Å². The summed E-state index contributed by atoms with van der Waals surface area (Å²) in [7, 11) is 0. The number of unbranched alkanes of at least 4 members (excludes halogenated alkanes) is 2. The van der Waals surface area contributed by atoms with Gasteiger partial charge in [-0.05, 0) is 42.6 Å². The van der Waals surface area contributed by atoms with Crippen LogP contribution in [0.4, 0.5) is 4.39 Å². The van der Waals surface area contributed by atoms with E-state index in [4.69, 9.17) is 5.26 Å². The van der Waals surface area contributed by atoms with E-state index in [-0.39, 0.29) is 0 Å². The quantitative estimate of drug-likeness (QED) is 0.285. The highest BCUT2D eigenvalue weighted by Crippen LogP contribution is 2.38. The van der Waals surface area contributed by atoms with Crippen molar-refractivity contribution in [2.45, 2.75) is 110 Å². The number of allylic oxidation sites excluding steroid dienone is 2. The number of hydrogen-bond acceptors (Lipinski definition) is 1. The molecule has 148 valence electrons. The molecule has 0 aromatic rings. The summed E-state index contributed by atoms with van der Waals surface area (Å²) >= 11 is 0. The Hall–Kier alpha value is -0.840. The molecule has 0 atom stereocenters. The van der Waals surface area contributed by atoms with E-state index >= 15 is 0 Å². The molecule has 2 aliphatic rings. The van der Waals surface area contributed by atoms with E-state index in [0.717, 1.165) is 36.5 Å². The molecule has 0 aromatic heterocycles. The standard InChI is InChI=1S/C24H40FN/c1-2-3-4-6-20-9-13-22(14-10-20)17-18-23-15-11-21(12-16-23)7-5-8-24(25)19-26/h8,20-23H,2-7,9-18H2,1H3/b24-8-. The van der Waals surface area contributed by atoms with Crippen LogP contribution in [-0.2, 0) is 0 Å². The third-order valence-electron chi connectivity index (χ3n) is 7.14. The SMILES string of the molecule is CCCCCC1CCC(CCC2CCC(CC/C=C(\F)C#N)CC2)CC1. The van der Waals surface area contributed by atoms with E-state index in [9.17, 15) is 4.39 Å². The fourth-order valence-corrected chi connectivity index (χ4v) is 5.26. The summed E-state index contributed by atoms with van der Waals surface area (Å²) < 4.78 is 12.8. The zero-order chi connectivity index (χ0) is 18.6. The summed E-state index contributed by atoms with van der Waals surface area (Å²) in [4.78, 5) is 0. The second-order valence-electron chi connectivity index (χ2n) is 9.09. The lowest BCUT2D eigenvalue weighted by molar-refractivity contribution is 0.209. The number of nitrogens with zero attached hydrogens (tertiary/aromatic N) is 1. The Balaban J connectivity index is 1.52. The summed E-state index contributed by atoms with van der Waals surface area (Å²) in [6.07, 6.45) is 23.2. The molecular formula is C24H40FN. The molecule has 0 heterocycles. The van der Waals surface area contributed by atoms with Gasteiger partial charge >= 0.3 is 0 Å². The molecule has 26 heavy (non-hydrogen) atoms. The minimum Gasteiger partial charge on any atom is -0.195 e. The molecule has 2 heteroatoms. The van der Waals surface area contributed by atoms with Crippen molar-refractivity contribution in [3.8, 4) is 6.07 Å². The molecule has 2 fully saturated rings. The van der Waals surface area contributed by atoms with Crippen molar-refractivity contribution >= 4 is 0 Å². The van der Waals surface area contributed by atoms with Gasteiger partial charge < -0.3 is 0 Å². The summed E-state index contributed by atoms with van der Waals surface area (Å²) in [5.41, 5.74) is 0. The minimum atomic E-state index is -0.612. The van der Waals surface area contributed by atoms with Crippen molar-refractivity contribution in [2.24, 2.45) is 23.7 Å². The third kappa shape index (κ3) is 8.24. The monoisotopic (exact) mass is 361 g/mol. The molecule has 0 bridgehead atoms. The van der Waals surface area contributed by atoms with Crippen LogP contribution in [0, 0.1) is 35.0 Å². The second-order valence-corrected chi connectivity index (χ2v) is 9.09. The van der Waals surface area contributed by atoms with E-state index in [1.807, 2.05) is 0 Å². The molecule has 0 aromatic carbocycles. The molecule has 0 saturated heterocycles. The van der Waals surface area contributed by atoms with Crippen LogP contribution in [0.15, 0.2) is 11.9 Å². The van der Waals surface area contributed by atoms with Crippen molar-refractivity contribution in [3.05, 3.63) is 11.9 Å². The average Bonchev–Trinajstić information content (AvgIpc) is 2.68. The first-order valence-corrected chi connectivity index (χ1v) is 11.5. The van der Waals surface area contributed by atoms with Gasteiger partial charge in [-0.25, -0.2) is 0 Å². The molecule has 0 N–H and O–H groups in total. The first-order chi connectivity index (χ1) is 12.7. The van der Waals surface area contributed by atoms with Crippen LogP contribution in [0.5, 0.6) is 0 Å². The summed E-state index contributed by atoms with van der Waals surface area (Å²) in [6.45, 7) is 2.30. The van der Waals surface area contributed by atoms with Crippen LogP contribution in [0.1, 0.15) is 110 Å². The first-order valence-electron chi connectivity index (χ1n) is 11.5. The molecule has 1 nitrogen and oxygen atoms in total. The number of rotatable bonds is 10. The van der Waals surface area contributed by atoms with E-state index in [1.165, 1.54) is 96.0 Å². The molecule has 0 amide bonds. The van der Waals surface area contributed by atoms with Crippen LogP contribution in [0.25, 0.3) is 0 Å². The molecule has 2 aliphatic carbocycles. The maximum Gasteiger partial charge on any atom is 0.196 e. The Morgan fingerprint density at radius 2 is 1.27 bits per heavy atom. The van der Waals surface area contributed by atoms with Gasteiger partial charge in [0, 0.05) is 0 Å². The molecule has 2 rings (SSSR count). The van der Waals surface area contributed by atoms with Gasteiger partial charge in [0.15, 0.2) is 5.83 Å². The third-order valence-corrected chi connectivity index (χ3v) is 7.14. The summed E-state index contributed by atoms with van der Waals surface area (Å²) in [6, 6.07) is 1.57. The highest BCUT2D eigenvalue weighted by Gasteiger charge is 2.24. The molecule has 0 aliphatic heterocycles. The maximum absolute atomic E-state index is 12.8. The lowest BCUT2D eigenvalue weighted by atomic mass is 9.74. The zero-order valence-electron chi connectivity index (χ0n) is 17.0. The van der Waals surface area contributed by atoms with Crippen molar-refractivity contribution in [1.29, 1.82) is 5.26 Å². The lowest BCUT2D eigenvalue weighted by Gasteiger charge is -2.32. The van der Waals surface area contributed by atoms with Crippen LogP contribution >= 0.6 is 0 Å². The molecule has 0 radical (unpaired) electrons. The zero-order valence-corrected chi connectivity index (χ0v) is 17.0. The highest BCUT2D eigenvalue weighted by molar-refractivity contribution is 5.11. The van der Waals surface area contributed by atoms with Crippen LogP contribution in [0.2, 0.25) is 0 Å². The Labute approximate surface area is 161 Å². The van der Waals surface area contributed by atoms with E-state index in [0.29, 0.717) is 0 Å². The summed E-state index contributed by atoms with van der Waals surface area (Å²) in [5, 5.41) is 8.44. The lowest BCUT2D eigenvalue weighted by Crippen LogP contribution is -2.18. The smallest absolute Gasteiger partial charge is 0.195 e. The topological polar surface area (TPSA) is 23.8 Å². The van der Waals surface area contributed by atoms with Gasteiger partial charge in [0.2, 0.25) is 0 Å². The normalized spacial score (nSPS) is 30.1. The van der Waals surface area contributed by atoms with Gasteiger partial charge in [0.05, 0.1) is 0 Å². The summed E-state index contributed by atoms with van der Waals surface area (Å²) in [5.74, 6) is 3.13. The Bertz CT molecular complexity index is 434. The Kier molecular flexibility index (Phi) is 10.3. The van der Waals surface area contributed by atoms with Gasteiger partial charge in [0.25, 0.3) is 0 Å². The second kappa shape index (κ2) is 12.5. The maximum atomic E-state index is 12.8. The number of halogens is 1. The number of nitriles is 1. The van der Waals surface area contributed by atoms with E-state index in [2.05, 4.69) is 6.92 Å². The largest absolute Gasteiger partial charge is 0.196 e. The predicted octanol–water partition coefficient (Wildman–Crippen LogP) is 8.12. The molecule has 0 unspecified atom stereocenters. The van der Waals surface area contributed by atoms with Crippen LogP contribution < -0.4 is 0 Å². The first kappa shape index (κ1) is 21.5. The number of hydrogen-bond donors (Lipinski definition) is 0. The van der Waals surface area contributed by atoms with Gasteiger partial charge in [-0.15, -0.1) is 0 Å². The van der Waals surface area contributed by atoms with Crippen molar-refractivity contribution in [1.82, 2.24) is 0 Å².